The molecule has 1 unspecified atom stereocenters. The van der Waals surface area contributed by atoms with E-state index >= 15 is 0 Å². The summed E-state index contributed by atoms with van der Waals surface area (Å²) in [6.07, 6.45) is 63.4. The Morgan fingerprint density at radius 3 is 1.19 bits per heavy atom. The van der Waals surface area contributed by atoms with Crippen molar-refractivity contribution < 1.29 is 28.6 Å². The summed E-state index contributed by atoms with van der Waals surface area (Å²) in [6.45, 7) is 6.07. The van der Waals surface area contributed by atoms with Gasteiger partial charge in [0, 0.05) is 12.8 Å². The Morgan fingerprint density at radius 2 is 0.724 bits per heavy atom. The van der Waals surface area contributed by atoms with Crippen LogP contribution in [0.25, 0.3) is 0 Å². The van der Waals surface area contributed by atoms with E-state index in [4.69, 9.17) is 14.2 Å². The fraction of sp³-hybridized carbons (Fsp3) is 0.519. The maximum absolute atomic E-state index is 12.7. The first-order chi connectivity index (χ1) is 28.5. The van der Waals surface area contributed by atoms with Crippen LogP contribution >= 0.6 is 0 Å². The summed E-state index contributed by atoms with van der Waals surface area (Å²) in [7, 11) is 0. The summed E-state index contributed by atoms with van der Waals surface area (Å²) in [5.74, 6) is -1.19. The Hall–Kier alpha value is -4.45. The SMILES string of the molecule is CC/C=C\C/C=C\C/C=C\C/C=C\C/C=C\C/C=C\CCC(=O)OCC(COC(=O)C/C=C\C/C=C\C/C=C\CC)OC(=O)CCCCCCC/C=C\C/C=C\CC. The van der Waals surface area contributed by atoms with Gasteiger partial charge in [-0.15, -0.1) is 0 Å². The summed E-state index contributed by atoms with van der Waals surface area (Å²) in [4.78, 5) is 37.6. The third-order valence-corrected chi connectivity index (χ3v) is 8.43. The molecule has 0 bridgehead atoms. The second kappa shape index (κ2) is 45.3. The number of rotatable bonds is 37. The van der Waals surface area contributed by atoms with E-state index in [0.717, 1.165) is 109 Å². The average Bonchev–Trinajstić information content (AvgIpc) is 3.22. The number of ether oxygens (including phenoxy) is 3. The molecule has 322 valence electrons. The van der Waals surface area contributed by atoms with Crippen LogP contribution in [0.15, 0.2) is 134 Å². The van der Waals surface area contributed by atoms with Gasteiger partial charge in [0.1, 0.15) is 13.2 Å². The van der Waals surface area contributed by atoms with Gasteiger partial charge in [-0.05, 0) is 96.3 Å². The van der Waals surface area contributed by atoms with Crippen LogP contribution in [0.2, 0.25) is 0 Å². The molecule has 0 aliphatic carbocycles. The van der Waals surface area contributed by atoms with Gasteiger partial charge in [0.15, 0.2) is 6.10 Å². The molecule has 0 N–H and O–H groups in total. The van der Waals surface area contributed by atoms with E-state index in [9.17, 15) is 14.4 Å². The Labute approximate surface area is 354 Å². The Kier molecular flexibility index (Phi) is 41.8. The van der Waals surface area contributed by atoms with Crippen LogP contribution in [0.4, 0.5) is 0 Å². The molecular formula is C52H78O6. The van der Waals surface area contributed by atoms with Gasteiger partial charge in [-0.25, -0.2) is 0 Å². The lowest BCUT2D eigenvalue weighted by Gasteiger charge is -2.18. The van der Waals surface area contributed by atoms with E-state index in [2.05, 4.69) is 130 Å². The number of carbonyl (C=O) groups is 3. The van der Waals surface area contributed by atoms with Crippen molar-refractivity contribution in [2.75, 3.05) is 13.2 Å². The van der Waals surface area contributed by atoms with Crippen LogP contribution in [-0.2, 0) is 28.6 Å². The van der Waals surface area contributed by atoms with E-state index in [-0.39, 0.29) is 44.4 Å². The van der Waals surface area contributed by atoms with Gasteiger partial charge in [-0.1, -0.05) is 174 Å². The molecule has 0 aromatic rings. The zero-order valence-electron chi connectivity index (χ0n) is 36.5. The first kappa shape index (κ1) is 53.6. The largest absolute Gasteiger partial charge is 0.462 e. The van der Waals surface area contributed by atoms with Crippen LogP contribution in [0, 0.1) is 0 Å². The van der Waals surface area contributed by atoms with Crippen molar-refractivity contribution in [3.05, 3.63) is 134 Å². The molecule has 0 aliphatic rings. The van der Waals surface area contributed by atoms with Crippen molar-refractivity contribution in [1.82, 2.24) is 0 Å². The third kappa shape index (κ3) is 42.7. The molecule has 1 atom stereocenters. The molecule has 6 heteroatoms. The minimum atomic E-state index is -0.853. The van der Waals surface area contributed by atoms with Gasteiger partial charge < -0.3 is 14.2 Å². The molecule has 0 aliphatic heterocycles. The van der Waals surface area contributed by atoms with E-state index < -0.39 is 12.1 Å². The van der Waals surface area contributed by atoms with E-state index in [1.165, 1.54) is 0 Å². The van der Waals surface area contributed by atoms with Gasteiger partial charge in [0.2, 0.25) is 0 Å². The highest BCUT2D eigenvalue weighted by Crippen LogP contribution is 2.10. The monoisotopic (exact) mass is 799 g/mol. The molecular weight excluding hydrogens is 721 g/mol. The van der Waals surface area contributed by atoms with Gasteiger partial charge in [-0.3, -0.25) is 14.4 Å². The predicted octanol–water partition coefficient (Wildman–Crippen LogP) is 14.4. The van der Waals surface area contributed by atoms with Gasteiger partial charge in [-0.2, -0.15) is 0 Å². The quantitative estimate of drug-likeness (QED) is 0.0270. The maximum Gasteiger partial charge on any atom is 0.309 e. The summed E-state index contributed by atoms with van der Waals surface area (Å²) >= 11 is 0. The minimum absolute atomic E-state index is 0.113. The van der Waals surface area contributed by atoms with Crippen LogP contribution < -0.4 is 0 Å². The predicted molar refractivity (Wildman–Crippen MR) is 246 cm³/mol. The average molecular weight is 799 g/mol. The number of allylic oxidation sites excluding steroid dienone is 21. The summed E-state index contributed by atoms with van der Waals surface area (Å²) in [5.41, 5.74) is 0. The molecule has 0 radical (unpaired) electrons. The first-order valence-electron chi connectivity index (χ1n) is 22.2. The van der Waals surface area contributed by atoms with Crippen molar-refractivity contribution in [3.8, 4) is 0 Å². The third-order valence-electron chi connectivity index (χ3n) is 8.43. The molecule has 0 heterocycles. The number of carbonyl (C=O) groups excluding carboxylic acids is 3. The summed E-state index contributed by atoms with van der Waals surface area (Å²) in [5, 5.41) is 0. The molecule has 0 saturated carbocycles. The van der Waals surface area contributed by atoms with E-state index in [0.29, 0.717) is 6.42 Å². The highest BCUT2D eigenvalue weighted by molar-refractivity contribution is 5.72. The van der Waals surface area contributed by atoms with Crippen molar-refractivity contribution in [3.63, 3.8) is 0 Å². The molecule has 0 spiro atoms. The lowest BCUT2D eigenvalue weighted by atomic mass is 10.1. The standard InChI is InChI=1S/C52H78O6/c1-4-7-10-13-16-19-21-23-24-25-26-27-28-29-31-33-36-39-42-45-51(54)57-48-49(47-56-50(53)44-41-38-35-32-18-15-12-9-6-3)58-52(55)46-43-40-37-34-30-22-20-17-14-11-8-5-2/h7-12,16-20,23-24,26-27,29,31-32,36,38-39,41,49H,4-6,13-15,21-22,25,28,30,33-35,37,40,42-48H2,1-3H3/b10-7-,11-8-,12-9-,19-16-,20-17-,24-23-,27-26-,31-29-,32-18-,39-36-,41-38-. The molecule has 0 fully saturated rings. The maximum atomic E-state index is 12.7. The Balaban J connectivity index is 4.57. The highest BCUT2D eigenvalue weighted by atomic mass is 16.6. The summed E-state index contributed by atoms with van der Waals surface area (Å²) < 4.78 is 16.5. The number of esters is 3. The van der Waals surface area contributed by atoms with Crippen LogP contribution in [0.1, 0.15) is 156 Å². The normalized spacial score (nSPS) is 13.4. The molecule has 0 saturated heterocycles. The van der Waals surface area contributed by atoms with Crippen LogP contribution in [0.5, 0.6) is 0 Å². The fourth-order valence-electron chi connectivity index (χ4n) is 5.21. The minimum Gasteiger partial charge on any atom is -0.462 e. The zero-order valence-corrected chi connectivity index (χ0v) is 36.5. The molecule has 6 nitrogen and oxygen atoms in total. The molecule has 0 rings (SSSR count). The lowest BCUT2D eigenvalue weighted by Crippen LogP contribution is -2.30. The molecule has 0 aromatic carbocycles. The fourth-order valence-corrected chi connectivity index (χ4v) is 5.21. The molecule has 0 aromatic heterocycles. The van der Waals surface area contributed by atoms with Crippen molar-refractivity contribution in [2.24, 2.45) is 0 Å². The van der Waals surface area contributed by atoms with Crippen LogP contribution in [-0.4, -0.2) is 37.2 Å². The summed E-state index contributed by atoms with van der Waals surface area (Å²) in [6, 6.07) is 0. The Bertz CT molecular complexity index is 1330. The Morgan fingerprint density at radius 1 is 0.362 bits per heavy atom. The second-order valence-electron chi connectivity index (χ2n) is 13.8. The van der Waals surface area contributed by atoms with E-state index in [1.54, 1.807) is 6.08 Å². The first-order valence-corrected chi connectivity index (χ1v) is 22.2. The van der Waals surface area contributed by atoms with Gasteiger partial charge in [0.25, 0.3) is 0 Å². The zero-order chi connectivity index (χ0) is 42.3. The second-order valence-corrected chi connectivity index (χ2v) is 13.8. The van der Waals surface area contributed by atoms with Crippen LogP contribution in [0.3, 0.4) is 0 Å². The van der Waals surface area contributed by atoms with E-state index in [1.807, 2.05) is 18.2 Å². The topological polar surface area (TPSA) is 78.9 Å². The smallest absolute Gasteiger partial charge is 0.309 e. The van der Waals surface area contributed by atoms with Gasteiger partial charge in [0.05, 0.1) is 6.42 Å². The highest BCUT2D eigenvalue weighted by Gasteiger charge is 2.19. The van der Waals surface area contributed by atoms with Crippen molar-refractivity contribution in [1.29, 1.82) is 0 Å². The molecule has 0 amide bonds. The van der Waals surface area contributed by atoms with Gasteiger partial charge >= 0.3 is 17.9 Å². The molecule has 58 heavy (non-hydrogen) atoms. The number of hydrogen-bond donors (Lipinski definition) is 0. The van der Waals surface area contributed by atoms with Crippen molar-refractivity contribution in [2.45, 2.75) is 162 Å². The number of hydrogen-bond acceptors (Lipinski definition) is 6. The van der Waals surface area contributed by atoms with Crippen molar-refractivity contribution >= 4 is 17.9 Å². The number of unbranched alkanes of at least 4 members (excludes halogenated alkanes) is 5. The lowest BCUT2D eigenvalue weighted by molar-refractivity contribution is -0.166.